The van der Waals surface area contributed by atoms with Crippen molar-refractivity contribution in [3.05, 3.63) is 23.9 Å². The fourth-order valence-electron chi connectivity index (χ4n) is 4.17. The summed E-state index contributed by atoms with van der Waals surface area (Å²) in [5.41, 5.74) is 1.16. The molecule has 2 fully saturated rings. The molecule has 168 valence electrons. The number of nitrogens with zero attached hydrogens (tertiary/aromatic N) is 4. The van der Waals surface area contributed by atoms with Crippen LogP contribution in [0.25, 0.3) is 0 Å². The number of hydrogen-bond acceptors (Lipinski definition) is 5. The Morgan fingerprint density at radius 1 is 1.13 bits per heavy atom. The second kappa shape index (κ2) is 12.7. The SMILES string of the molecule is CCN1CCN(c2ccc(CNC(=NC)NCCCOC3CCCCC3)cn2)CC1. The van der Waals surface area contributed by atoms with Crippen molar-refractivity contribution in [2.24, 2.45) is 4.99 Å². The van der Waals surface area contributed by atoms with E-state index in [0.717, 1.165) is 76.2 Å². The Morgan fingerprint density at radius 3 is 2.60 bits per heavy atom. The summed E-state index contributed by atoms with van der Waals surface area (Å²) >= 11 is 0. The van der Waals surface area contributed by atoms with Crippen LogP contribution in [0.3, 0.4) is 0 Å². The predicted molar refractivity (Wildman–Crippen MR) is 124 cm³/mol. The number of ether oxygens (including phenoxy) is 1. The first-order chi connectivity index (χ1) is 14.8. The third-order valence-corrected chi connectivity index (χ3v) is 6.16. The van der Waals surface area contributed by atoms with E-state index in [2.05, 4.69) is 49.5 Å². The predicted octanol–water partition coefficient (Wildman–Crippen LogP) is 2.63. The van der Waals surface area contributed by atoms with Crippen molar-refractivity contribution in [1.82, 2.24) is 20.5 Å². The number of anilines is 1. The second-order valence-corrected chi connectivity index (χ2v) is 8.28. The minimum atomic E-state index is 0.488. The van der Waals surface area contributed by atoms with Gasteiger partial charge in [-0.25, -0.2) is 4.98 Å². The molecule has 0 aromatic carbocycles. The molecular weight excluding hydrogens is 376 g/mol. The van der Waals surface area contributed by atoms with Crippen molar-refractivity contribution in [1.29, 1.82) is 0 Å². The number of rotatable bonds is 9. The Bertz CT molecular complexity index is 621. The first-order valence-corrected chi connectivity index (χ1v) is 11.8. The molecule has 2 aliphatic rings. The number of aliphatic imine (C=N–C) groups is 1. The van der Waals surface area contributed by atoms with Gasteiger partial charge < -0.3 is 25.2 Å². The smallest absolute Gasteiger partial charge is 0.191 e. The molecule has 0 spiro atoms. The zero-order chi connectivity index (χ0) is 21.0. The Morgan fingerprint density at radius 2 is 1.93 bits per heavy atom. The van der Waals surface area contributed by atoms with E-state index in [1.54, 1.807) is 0 Å². The lowest BCUT2D eigenvalue weighted by atomic mass is 9.98. The summed E-state index contributed by atoms with van der Waals surface area (Å²) < 4.78 is 5.99. The number of nitrogens with one attached hydrogen (secondary N) is 2. The van der Waals surface area contributed by atoms with Crippen molar-refractivity contribution in [2.45, 2.75) is 58.1 Å². The number of pyridine rings is 1. The average molecular weight is 417 g/mol. The molecule has 1 aliphatic carbocycles. The van der Waals surface area contributed by atoms with Gasteiger partial charge in [-0.1, -0.05) is 32.3 Å². The minimum Gasteiger partial charge on any atom is -0.378 e. The second-order valence-electron chi connectivity index (χ2n) is 8.28. The Balaban J connectivity index is 1.31. The van der Waals surface area contributed by atoms with Crippen LogP contribution in [0.15, 0.2) is 23.3 Å². The molecule has 0 unspecified atom stereocenters. The van der Waals surface area contributed by atoms with Crippen molar-refractivity contribution < 1.29 is 4.74 Å². The zero-order valence-electron chi connectivity index (χ0n) is 18.9. The molecule has 0 amide bonds. The molecule has 30 heavy (non-hydrogen) atoms. The maximum absolute atomic E-state index is 5.99. The standard InChI is InChI=1S/C23H40N6O/c1-3-28-13-15-29(16-14-28)22-11-10-20(18-26-22)19-27-23(24-2)25-12-7-17-30-21-8-5-4-6-9-21/h10-11,18,21H,3-9,12-17,19H2,1-2H3,(H2,24,25,27). The van der Waals surface area contributed by atoms with Crippen molar-refractivity contribution >= 4 is 11.8 Å². The highest BCUT2D eigenvalue weighted by Gasteiger charge is 2.16. The molecule has 2 N–H and O–H groups in total. The quantitative estimate of drug-likeness (QED) is 0.367. The summed E-state index contributed by atoms with van der Waals surface area (Å²) in [4.78, 5) is 13.9. The molecule has 0 radical (unpaired) electrons. The van der Waals surface area contributed by atoms with E-state index in [1.165, 1.54) is 32.1 Å². The van der Waals surface area contributed by atoms with Gasteiger partial charge in [0.05, 0.1) is 6.10 Å². The molecular formula is C23H40N6O. The maximum Gasteiger partial charge on any atom is 0.191 e. The van der Waals surface area contributed by atoms with Crippen LogP contribution >= 0.6 is 0 Å². The van der Waals surface area contributed by atoms with Gasteiger partial charge in [-0.3, -0.25) is 4.99 Å². The molecule has 3 rings (SSSR count). The highest BCUT2D eigenvalue weighted by Crippen LogP contribution is 2.20. The summed E-state index contributed by atoms with van der Waals surface area (Å²) in [5.74, 6) is 1.91. The van der Waals surface area contributed by atoms with E-state index in [9.17, 15) is 0 Å². The van der Waals surface area contributed by atoms with Gasteiger partial charge in [-0.05, 0) is 37.4 Å². The van der Waals surface area contributed by atoms with Gasteiger partial charge in [0.25, 0.3) is 0 Å². The van der Waals surface area contributed by atoms with Gasteiger partial charge in [-0.2, -0.15) is 0 Å². The fourth-order valence-corrected chi connectivity index (χ4v) is 4.17. The Kier molecular flexibility index (Phi) is 9.70. The monoisotopic (exact) mass is 416 g/mol. The van der Waals surface area contributed by atoms with Crippen molar-refractivity contribution in [3.63, 3.8) is 0 Å². The molecule has 0 atom stereocenters. The van der Waals surface area contributed by atoms with Gasteiger partial charge in [0.2, 0.25) is 0 Å². The third-order valence-electron chi connectivity index (χ3n) is 6.16. The van der Waals surface area contributed by atoms with Crippen LogP contribution in [0, 0.1) is 0 Å². The van der Waals surface area contributed by atoms with E-state index >= 15 is 0 Å². The lowest BCUT2D eigenvalue weighted by Crippen LogP contribution is -2.46. The van der Waals surface area contributed by atoms with Crippen LogP contribution in [-0.2, 0) is 11.3 Å². The molecule has 0 bridgehead atoms. The average Bonchev–Trinajstić information content (AvgIpc) is 2.82. The van der Waals surface area contributed by atoms with Crippen LogP contribution < -0.4 is 15.5 Å². The molecule has 2 heterocycles. The molecule has 7 nitrogen and oxygen atoms in total. The number of aromatic nitrogens is 1. The molecule has 7 heteroatoms. The van der Waals surface area contributed by atoms with E-state index in [4.69, 9.17) is 4.74 Å². The van der Waals surface area contributed by atoms with Crippen LogP contribution in [0.5, 0.6) is 0 Å². The molecule has 1 saturated carbocycles. The van der Waals surface area contributed by atoms with Crippen molar-refractivity contribution in [2.75, 3.05) is 57.8 Å². The molecule has 1 saturated heterocycles. The molecule has 1 aromatic rings. The lowest BCUT2D eigenvalue weighted by Gasteiger charge is -2.34. The summed E-state index contributed by atoms with van der Waals surface area (Å²) in [6.45, 7) is 10.1. The number of hydrogen-bond donors (Lipinski definition) is 2. The van der Waals surface area contributed by atoms with Crippen molar-refractivity contribution in [3.8, 4) is 0 Å². The van der Waals surface area contributed by atoms with E-state index in [0.29, 0.717) is 6.10 Å². The Labute approximate surface area is 182 Å². The summed E-state index contributed by atoms with van der Waals surface area (Å²) in [5, 5.41) is 6.75. The summed E-state index contributed by atoms with van der Waals surface area (Å²) in [6.07, 6.45) is 9.95. The largest absolute Gasteiger partial charge is 0.378 e. The third kappa shape index (κ3) is 7.43. The summed E-state index contributed by atoms with van der Waals surface area (Å²) in [7, 11) is 1.81. The number of piperazine rings is 1. The maximum atomic E-state index is 5.99. The first-order valence-electron chi connectivity index (χ1n) is 11.8. The number of likely N-dealkylation sites (N-methyl/N-ethyl adjacent to an activating group) is 1. The van der Waals surface area contributed by atoms with Crippen LogP contribution in [0.1, 0.15) is 51.0 Å². The Hall–Kier alpha value is -1.86. The van der Waals surface area contributed by atoms with E-state index in [1.807, 2.05) is 13.2 Å². The minimum absolute atomic E-state index is 0.488. The highest BCUT2D eigenvalue weighted by atomic mass is 16.5. The normalized spacial score (nSPS) is 19.1. The molecule has 1 aromatic heterocycles. The highest BCUT2D eigenvalue weighted by molar-refractivity contribution is 5.79. The van der Waals surface area contributed by atoms with Gasteiger partial charge >= 0.3 is 0 Å². The topological polar surface area (TPSA) is 65.0 Å². The van der Waals surface area contributed by atoms with Gasteiger partial charge in [-0.15, -0.1) is 0 Å². The zero-order valence-corrected chi connectivity index (χ0v) is 18.9. The van der Waals surface area contributed by atoms with Gasteiger partial charge in [0, 0.05) is 59.1 Å². The van der Waals surface area contributed by atoms with Crippen LogP contribution in [-0.4, -0.2) is 74.9 Å². The van der Waals surface area contributed by atoms with E-state index in [-0.39, 0.29) is 0 Å². The first kappa shape index (κ1) is 22.8. The van der Waals surface area contributed by atoms with Crippen LogP contribution in [0.2, 0.25) is 0 Å². The van der Waals surface area contributed by atoms with Gasteiger partial charge in [0.1, 0.15) is 5.82 Å². The molecule has 1 aliphatic heterocycles. The fraction of sp³-hybridized carbons (Fsp3) is 0.739. The number of guanidine groups is 1. The summed E-state index contributed by atoms with van der Waals surface area (Å²) in [6, 6.07) is 4.30. The lowest BCUT2D eigenvalue weighted by molar-refractivity contribution is 0.0277. The van der Waals surface area contributed by atoms with E-state index < -0.39 is 0 Å². The van der Waals surface area contributed by atoms with Gasteiger partial charge in [0.15, 0.2) is 5.96 Å². The van der Waals surface area contributed by atoms with Crippen LogP contribution in [0.4, 0.5) is 5.82 Å².